The zero-order valence-electron chi connectivity index (χ0n) is 30.6. The number of unbranched alkanes of at least 4 members (excludes halogenated alkanes) is 1. The standard InChI is InChI=1S/C49H37BN2O2/c1-4-5-13-29-22-24-30(25-23-29)52-39-27-43-33(31-14-6-10-20-41(31)53-43)26-34(39)46-45-32-15-7-11-21-42(32)54-44(45)28-40-47(46)50(52)37-18-12-17-36-48(37)51(40)38-19-9-8-16-35(38)49(36,2)3/h6-12,14-28H,4-5,13H2,1-3H3. The van der Waals surface area contributed by atoms with Gasteiger partial charge >= 0.3 is 6.85 Å². The summed E-state index contributed by atoms with van der Waals surface area (Å²) in [4.78, 5) is 5.15. The number of fused-ring (bicyclic) bond motifs is 13. The van der Waals surface area contributed by atoms with Crippen molar-refractivity contribution in [3.63, 3.8) is 0 Å². The van der Waals surface area contributed by atoms with Crippen LogP contribution in [-0.2, 0) is 11.8 Å². The summed E-state index contributed by atoms with van der Waals surface area (Å²) in [5.41, 5.74) is 18.5. The van der Waals surface area contributed by atoms with E-state index in [-0.39, 0.29) is 12.3 Å². The molecular formula is C49H37BN2O2. The molecule has 0 saturated heterocycles. The molecule has 3 aliphatic heterocycles. The van der Waals surface area contributed by atoms with Gasteiger partial charge in [0.25, 0.3) is 0 Å². The Morgan fingerprint density at radius 2 is 1.31 bits per heavy atom. The molecule has 0 N–H and O–H groups in total. The van der Waals surface area contributed by atoms with E-state index < -0.39 is 0 Å². The van der Waals surface area contributed by atoms with Gasteiger partial charge in [-0.25, -0.2) is 0 Å². The average Bonchev–Trinajstić information content (AvgIpc) is 3.76. The lowest BCUT2D eigenvalue weighted by Gasteiger charge is -2.50. The van der Waals surface area contributed by atoms with Crippen LogP contribution in [0, 0.1) is 0 Å². The highest BCUT2D eigenvalue weighted by Crippen LogP contribution is 2.56. The maximum Gasteiger partial charge on any atom is 0.333 e. The smallest absolute Gasteiger partial charge is 0.333 e. The summed E-state index contributed by atoms with van der Waals surface area (Å²) in [6, 6.07) is 49.3. The molecule has 0 amide bonds. The van der Waals surface area contributed by atoms with E-state index in [2.05, 4.69) is 164 Å². The summed E-state index contributed by atoms with van der Waals surface area (Å²) in [6.45, 7) is 6.92. The number of nitrogens with zero attached hydrogens (tertiary/aromatic N) is 2. The largest absolute Gasteiger partial charge is 0.456 e. The van der Waals surface area contributed by atoms with Gasteiger partial charge in [0, 0.05) is 67.4 Å². The summed E-state index contributed by atoms with van der Waals surface area (Å²) in [5.74, 6) is 0. The molecule has 7 aromatic carbocycles. The molecule has 0 spiro atoms. The second-order valence-electron chi connectivity index (χ2n) is 15.9. The second kappa shape index (κ2) is 10.7. The number of para-hydroxylation sites is 4. The van der Waals surface area contributed by atoms with Crippen LogP contribution in [0.3, 0.4) is 0 Å². The van der Waals surface area contributed by atoms with E-state index in [0.717, 1.165) is 50.6 Å². The summed E-state index contributed by atoms with van der Waals surface area (Å²) in [6.07, 6.45) is 3.46. The van der Waals surface area contributed by atoms with Gasteiger partial charge in [-0.1, -0.05) is 112 Å². The molecule has 0 atom stereocenters. The molecule has 0 radical (unpaired) electrons. The van der Waals surface area contributed by atoms with Gasteiger partial charge in [0.15, 0.2) is 0 Å². The van der Waals surface area contributed by atoms with Crippen LogP contribution >= 0.6 is 0 Å². The molecule has 258 valence electrons. The number of aryl methyl sites for hydroxylation is 1. The molecule has 9 aromatic rings. The van der Waals surface area contributed by atoms with Gasteiger partial charge in [-0.15, -0.1) is 0 Å². The summed E-state index contributed by atoms with van der Waals surface area (Å²) in [5, 5.41) is 4.56. The molecule has 5 heterocycles. The third kappa shape index (κ3) is 3.84. The van der Waals surface area contributed by atoms with E-state index in [0.29, 0.717) is 0 Å². The van der Waals surface area contributed by atoms with Gasteiger partial charge in [0.1, 0.15) is 22.3 Å². The number of rotatable bonds is 4. The van der Waals surface area contributed by atoms with Crippen LogP contribution in [0.4, 0.5) is 28.4 Å². The fourth-order valence-electron chi connectivity index (χ4n) is 10.1. The van der Waals surface area contributed by atoms with Crippen molar-refractivity contribution in [1.29, 1.82) is 0 Å². The van der Waals surface area contributed by atoms with Gasteiger partial charge in [-0.05, 0) is 82.4 Å². The molecule has 0 unspecified atom stereocenters. The SMILES string of the molecule is CCCCc1ccc(N2B3c4cccc5c4N(c4ccccc4C5(C)C)c4cc5oc6ccccc6c5c(c43)-c3cc4c(cc32)oc2ccccc24)cc1. The lowest BCUT2D eigenvalue weighted by atomic mass is 9.42. The predicted octanol–water partition coefficient (Wildman–Crippen LogP) is 12.2. The second-order valence-corrected chi connectivity index (χ2v) is 15.9. The first-order valence-corrected chi connectivity index (χ1v) is 19.4. The van der Waals surface area contributed by atoms with Crippen LogP contribution in [0.15, 0.2) is 142 Å². The van der Waals surface area contributed by atoms with E-state index >= 15 is 0 Å². The number of benzene rings is 7. The Bertz CT molecular complexity index is 3040. The Hall–Kier alpha value is -6.20. The van der Waals surface area contributed by atoms with Gasteiger partial charge in [-0.3, -0.25) is 0 Å². The molecule has 0 aliphatic carbocycles. The fraction of sp³-hybridized carbons (Fsp3) is 0.143. The monoisotopic (exact) mass is 696 g/mol. The Labute approximate surface area is 314 Å². The minimum absolute atomic E-state index is 0.101. The minimum Gasteiger partial charge on any atom is -0.456 e. The molecule has 54 heavy (non-hydrogen) atoms. The molecular weight excluding hydrogens is 659 g/mol. The molecule has 2 aromatic heterocycles. The van der Waals surface area contributed by atoms with Gasteiger partial charge in [0.2, 0.25) is 0 Å². The van der Waals surface area contributed by atoms with Crippen LogP contribution in [-0.4, -0.2) is 6.85 Å². The van der Waals surface area contributed by atoms with Gasteiger partial charge in [-0.2, -0.15) is 0 Å². The van der Waals surface area contributed by atoms with E-state index in [4.69, 9.17) is 8.83 Å². The topological polar surface area (TPSA) is 32.8 Å². The quantitative estimate of drug-likeness (QED) is 0.172. The van der Waals surface area contributed by atoms with Crippen molar-refractivity contribution in [2.75, 3.05) is 9.71 Å². The molecule has 12 rings (SSSR count). The van der Waals surface area contributed by atoms with E-state index in [1.54, 1.807) is 0 Å². The summed E-state index contributed by atoms with van der Waals surface area (Å²) >= 11 is 0. The van der Waals surface area contributed by atoms with Crippen molar-refractivity contribution in [3.05, 3.63) is 150 Å². The number of hydrogen-bond donors (Lipinski definition) is 0. The molecule has 5 heteroatoms. The maximum atomic E-state index is 6.83. The maximum absolute atomic E-state index is 6.83. The zero-order chi connectivity index (χ0) is 35.9. The van der Waals surface area contributed by atoms with Crippen molar-refractivity contribution in [1.82, 2.24) is 0 Å². The predicted molar refractivity (Wildman–Crippen MR) is 225 cm³/mol. The Morgan fingerprint density at radius 1 is 0.611 bits per heavy atom. The first-order chi connectivity index (χ1) is 26.5. The first-order valence-electron chi connectivity index (χ1n) is 19.4. The Balaban J connectivity index is 1.27. The van der Waals surface area contributed by atoms with Crippen LogP contribution < -0.4 is 20.6 Å². The van der Waals surface area contributed by atoms with Crippen LogP contribution in [0.2, 0.25) is 0 Å². The van der Waals surface area contributed by atoms with Crippen molar-refractivity contribution in [2.24, 2.45) is 0 Å². The molecule has 4 nitrogen and oxygen atoms in total. The number of furan rings is 2. The lowest BCUT2D eigenvalue weighted by Crippen LogP contribution is -2.62. The molecule has 0 saturated carbocycles. The van der Waals surface area contributed by atoms with Crippen LogP contribution in [0.25, 0.3) is 55.0 Å². The molecule has 3 aliphatic rings. The third-order valence-electron chi connectivity index (χ3n) is 12.6. The van der Waals surface area contributed by atoms with Crippen molar-refractivity contribution in [2.45, 2.75) is 45.4 Å². The van der Waals surface area contributed by atoms with Crippen LogP contribution in [0.5, 0.6) is 0 Å². The Morgan fingerprint density at radius 3 is 2.15 bits per heavy atom. The van der Waals surface area contributed by atoms with E-state index in [1.807, 2.05) is 0 Å². The molecule has 0 bridgehead atoms. The van der Waals surface area contributed by atoms with Crippen LogP contribution in [0.1, 0.15) is 50.3 Å². The zero-order valence-corrected chi connectivity index (χ0v) is 30.6. The Kier molecular flexibility index (Phi) is 6.00. The molecule has 0 fully saturated rings. The normalized spacial score (nSPS) is 14.8. The lowest BCUT2D eigenvalue weighted by molar-refractivity contribution is 0.632. The number of anilines is 5. The summed E-state index contributed by atoms with van der Waals surface area (Å²) < 4.78 is 13.5. The highest BCUT2D eigenvalue weighted by atomic mass is 16.3. The third-order valence-corrected chi connectivity index (χ3v) is 12.6. The van der Waals surface area contributed by atoms with Crippen molar-refractivity contribution >= 4 is 90.1 Å². The van der Waals surface area contributed by atoms with Gasteiger partial charge < -0.3 is 18.5 Å². The average molecular weight is 697 g/mol. The van der Waals surface area contributed by atoms with E-state index in [9.17, 15) is 0 Å². The number of hydrogen-bond acceptors (Lipinski definition) is 4. The highest BCUT2D eigenvalue weighted by molar-refractivity contribution is 6.94. The van der Waals surface area contributed by atoms with E-state index in [1.165, 1.54) is 79.7 Å². The van der Waals surface area contributed by atoms with Gasteiger partial charge in [0.05, 0.1) is 5.69 Å². The fourth-order valence-corrected chi connectivity index (χ4v) is 10.1. The highest BCUT2D eigenvalue weighted by Gasteiger charge is 2.50. The first kappa shape index (κ1) is 30.3. The van der Waals surface area contributed by atoms with Crippen molar-refractivity contribution in [3.8, 4) is 11.1 Å². The summed E-state index contributed by atoms with van der Waals surface area (Å²) in [7, 11) is 0. The minimum atomic E-state index is -0.193. The van der Waals surface area contributed by atoms with Crippen molar-refractivity contribution < 1.29 is 8.83 Å².